The van der Waals surface area contributed by atoms with E-state index in [0.717, 1.165) is 0 Å². The number of nitrogen functional groups attached to an aromatic ring is 1. The van der Waals surface area contributed by atoms with Crippen LogP contribution in [0.3, 0.4) is 0 Å². The molecular formula is C7H6FNO2. The number of anilines is 1. The van der Waals surface area contributed by atoms with Crippen LogP contribution in [-0.2, 0) is 0 Å². The molecule has 4 heteroatoms. The molecule has 0 atom stereocenters. The van der Waals surface area contributed by atoms with E-state index in [4.69, 9.17) is 15.2 Å². The summed E-state index contributed by atoms with van der Waals surface area (Å²) in [7, 11) is 0. The van der Waals surface area contributed by atoms with Gasteiger partial charge in [0.05, 0.1) is 5.69 Å². The van der Waals surface area contributed by atoms with Crippen LogP contribution in [0.15, 0.2) is 12.1 Å². The van der Waals surface area contributed by atoms with Gasteiger partial charge in [-0.15, -0.1) is 0 Å². The zero-order valence-electron chi connectivity index (χ0n) is 5.63. The normalized spacial score (nSPS) is 13.5. The summed E-state index contributed by atoms with van der Waals surface area (Å²) in [6.07, 6.45) is 0. The average molecular weight is 155 g/mol. The highest BCUT2D eigenvalue weighted by Crippen LogP contribution is 2.37. The lowest BCUT2D eigenvalue weighted by atomic mass is 10.3. The van der Waals surface area contributed by atoms with Crippen molar-refractivity contribution in [1.82, 2.24) is 0 Å². The Morgan fingerprint density at radius 3 is 3.00 bits per heavy atom. The Balaban J connectivity index is 2.60. The summed E-state index contributed by atoms with van der Waals surface area (Å²) in [5, 5.41) is 0. The lowest BCUT2D eigenvalue weighted by Gasteiger charge is -1.98. The Labute approximate surface area is 62.5 Å². The highest BCUT2D eigenvalue weighted by Gasteiger charge is 2.17. The Morgan fingerprint density at radius 2 is 2.18 bits per heavy atom. The summed E-state index contributed by atoms with van der Waals surface area (Å²) >= 11 is 0. The van der Waals surface area contributed by atoms with E-state index in [-0.39, 0.29) is 12.5 Å². The fourth-order valence-electron chi connectivity index (χ4n) is 1.00. The molecule has 1 aliphatic heterocycles. The van der Waals surface area contributed by atoms with Crippen LogP contribution in [0.25, 0.3) is 0 Å². The second kappa shape index (κ2) is 2.02. The number of benzene rings is 1. The van der Waals surface area contributed by atoms with E-state index in [9.17, 15) is 4.39 Å². The topological polar surface area (TPSA) is 44.5 Å². The van der Waals surface area contributed by atoms with Gasteiger partial charge >= 0.3 is 0 Å². The van der Waals surface area contributed by atoms with Gasteiger partial charge < -0.3 is 15.2 Å². The Bertz CT molecular complexity index is 301. The molecule has 2 rings (SSSR count). The molecule has 0 radical (unpaired) electrons. The second-order valence-corrected chi connectivity index (χ2v) is 2.23. The maximum atomic E-state index is 12.6. The van der Waals surface area contributed by atoms with E-state index in [2.05, 4.69) is 0 Å². The summed E-state index contributed by atoms with van der Waals surface area (Å²) in [6.45, 7) is 0.114. The molecule has 0 aromatic heterocycles. The molecule has 0 unspecified atom stereocenters. The van der Waals surface area contributed by atoms with E-state index >= 15 is 0 Å². The predicted octanol–water partition coefficient (Wildman–Crippen LogP) is 1.14. The maximum Gasteiger partial charge on any atom is 0.231 e. The quantitative estimate of drug-likeness (QED) is 0.571. The summed E-state index contributed by atoms with van der Waals surface area (Å²) in [5.41, 5.74) is 5.70. The van der Waals surface area contributed by atoms with Gasteiger partial charge in [-0.1, -0.05) is 0 Å². The van der Waals surface area contributed by atoms with Crippen LogP contribution in [0.2, 0.25) is 0 Å². The van der Waals surface area contributed by atoms with Crippen molar-refractivity contribution in [1.29, 1.82) is 0 Å². The summed E-state index contributed by atoms with van der Waals surface area (Å²) in [4.78, 5) is 0. The molecule has 0 saturated carbocycles. The molecule has 1 aromatic carbocycles. The van der Waals surface area contributed by atoms with Gasteiger partial charge in [0.15, 0.2) is 11.5 Å². The molecule has 58 valence electrons. The van der Waals surface area contributed by atoms with Crippen LogP contribution in [-0.4, -0.2) is 6.79 Å². The van der Waals surface area contributed by atoms with Gasteiger partial charge in [0.2, 0.25) is 6.79 Å². The maximum absolute atomic E-state index is 12.6. The third kappa shape index (κ3) is 0.869. The third-order valence-corrected chi connectivity index (χ3v) is 1.47. The summed E-state index contributed by atoms with van der Waals surface area (Å²) in [6, 6.07) is 2.45. The van der Waals surface area contributed by atoms with E-state index in [1.165, 1.54) is 12.1 Å². The monoisotopic (exact) mass is 155 g/mol. The first-order valence-corrected chi connectivity index (χ1v) is 3.12. The van der Waals surface area contributed by atoms with Crippen molar-refractivity contribution in [2.45, 2.75) is 0 Å². The molecule has 0 amide bonds. The van der Waals surface area contributed by atoms with Gasteiger partial charge in [0.25, 0.3) is 0 Å². The van der Waals surface area contributed by atoms with Crippen molar-refractivity contribution in [3.05, 3.63) is 17.9 Å². The van der Waals surface area contributed by atoms with Crippen molar-refractivity contribution in [3.63, 3.8) is 0 Å². The first kappa shape index (κ1) is 6.27. The summed E-state index contributed by atoms with van der Waals surface area (Å²) < 4.78 is 22.5. The van der Waals surface area contributed by atoms with E-state index in [0.29, 0.717) is 11.5 Å². The van der Waals surface area contributed by atoms with Gasteiger partial charge in [-0.05, 0) is 0 Å². The van der Waals surface area contributed by atoms with Gasteiger partial charge in [-0.25, -0.2) is 4.39 Å². The zero-order chi connectivity index (χ0) is 7.84. The van der Waals surface area contributed by atoms with Crippen molar-refractivity contribution in [3.8, 4) is 11.5 Å². The Morgan fingerprint density at radius 1 is 1.36 bits per heavy atom. The molecule has 2 N–H and O–H groups in total. The molecule has 0 bridgehead atoms. The minimum Gasteiger partial charge on any atom is -0.453 e. The van der Waals surface area contributed by atoms with E-state index in [1.807, 2.05) is 0 Å². The third-order valence-electron chi connectivity index (χ3n) is 1.47. The smallest absolute Gasteiger partial charge is 0.231 e. The van der Waals surface area contributed by atoms with Gasteiger partial charge in [-0.3, -0.25) is 0 Å². The summed E-state index contributed by atoms with van der Waals surface area (Å²) in [5.74, 6) is 0.403. The molecule has 0 saturated heterocycles. The molecule has 3 nitrogen and oxygen atoms in total. The average Bonchev–Trinajstić information content (AvgIpc) is 2.34. The highest BCUT2D eigenvalue weighted by molar-refractivity contribution is 5.61. The minimum absolute atomic E-state index is 0.114. The highest BCUT2D eigenvalue weighted by atomic mass is 19.1. The van der Waals surface area contributed by atoms with Crippen molar-refractivity contribution >= 4 is 5.69 Å². The minimum atomic E-state index is -0.410. The van der Waals surface area contributed by atoms with Gasteiger partial charge in [0, 0.05) is 12.1 Å². The van der Waals surface area contributed by atoms with Crippen LogP contribution in [0.1, 0.15) is 0 Å². The zero-order valence-corrected chi connectivity index (χ0v) is 5.63. The first-order chi connectivity index (χ1) is 5.27. The number of halogens is 1. The van der Waals surface area contributed by atoms with Crippen LogP contribution in [0, 0.1) is 5.82 Å². The standard InChI is InChI=1S/C7H6FNO2/c8-4-1-5(9)7-6(2-4)10-3-11-7/h1-2H,3,9H2. The van der Waals surface area contributed by atoms with Crippen molar-refractivity contribution in [2.24, 2.45) is 0 Å². The van der Waals surface area contributed by atoms with E-state index < -0.39 is 5.82 Å². The van der Waals surface area contributed by atoms with Crippen LogP contribution >= 0.6 is 0 Å². The van der Waals surface area contributed by atoms with Gasteiger partial charge in [-0.2, -0.15) is 0 Å². The molecule has 0 aliphatic carbocycles. The van der Waals surface area contributed by atoms with Gasteiger partial charge in [0.1, 0.15) is 5.82 Å². The number of fused-ring (bicyclic) bond motifs is 1. The number of rotatable bonds is 0. The molecule has 0 spiro atoms. The number of hydrogen-bond acceptors (Lipinski definition) is 3. The molecule has 1 heterocycles. The number of hydrogen-bond donors (Lipinski definition) is 1. The first-order valence-electron chi connectivity index (χ1n) is 3.12. The van der Waals surface area contributed by atoms with E-state index in [1.54, 1.807) is 0 Å². The Kier molecular flexibility index (Phi) is 1.15. The van der Waals surface area contributed by atoms with Crippen LogP contribution < -0.4 is 15.2 Å². The Hall–Kier alpha value is -1.45. The number of ether oxygens (including phenoxy) is 2. The molecule has 11 heavy (non-hydrogen) atoms. The molecule has 0 fully saturated rings. The van der Waals surface area contributed by atoms with Crippen molar-refractivity contribution in [2.75, 3.05) is 12.5 Å². The SMILES string of the molecule is Nc1cc(F)cc2c1OCO2. The van der Waals surface area contributed by atoms with Crippen LogP contribution in [0.4, 0.5) is 10.1 Å². The van der Waals surface area contributed by atoms with Crippen molar-refractivity contribution < 1.29 is 13.9 Å². The predicted molar refractivity (Wildman–Crippen MR) is 36.9 cm³/mol. The fraction of sp³-hybridized carbons (Fsp3) is 0.143. The fourth-order valence-corrected chi connectivity index (χ4v) is 1.00. The lowest BCUT2D eigenvalue weighted by Crippen LogP contribution is -1.94. The second-order valence-electron chi connectivity index (χ2n) is 2.23. The molecule has 1 aliphatic rings. The van der Waals surface area contributed by atoms with Crippen LogP contribution in [0.5, 0.6) is 11.5 Å². The number of nitrogens with two attached hydrogens (primary N) is 1. The molecule has 1 aromatic rings. The largest absolute Gasteiger partial charge is 0.453 e. The lowest BCUT2D eigenvalue weighted by molar-refractivity contribution is 0.174. The molecular weight excluding hydrogens is 149 g/mol.